The van der Waals surface area contributed by atoms with Crippen LogP contribution in [0, 0.1) is 5.92 Å². The number of benzene rings is 1. The maximum Gasteiger partial charge on any atom is 0.244 e. The second kappa shape index (κ2) is 5.72. The van der Waals surface area contributed by atoms with Crippen molar-refractivity contribution in [3.05, 3.63) is 22.2 Å². The highest BCUT2D eigenvalue weighted by atomic mass is 35.5. The zero-order valence-corrected chi connectivity index (χ0v) is 13.8. The van der Waals surface area contributed by atoms with Gasteiger partial charge >= 0.3 is 0 Å². The van der Waals surface area contributed by atoms with Crippen molar-refractivity contribution in [3.8, 4) is 0 Å². The number of halogens is 2. The molecule has 0 saturated carbocycles. The molecule has 0 bridgehead atoms. The molecule has 7 heteroatoms. The number of nitrogen functional groups attached to an aromatic ring is 1. The first kappa shape index (κ1) is 15.9. The van der Waals surface area contributed by atoms with Crippen molar-refractivity contribution in [3.63, 3.8) is 0 Å². The normalized spacial score (nSPS) is 24.8. The van der Waals surface area contributed by atoms with E-state index in [0.717, 1.165) is 12.8 Å². The summed E-state index contributed by atoms with van der Waals surface area (Å²) in [5, 5.41) is 0.261. The van der Waals surface area contributed by atoms with E-state index in [2.05, 4.69) is 6.92 Å². The lowest BCUT2D eigenvalue weighted by Crippen LogP contribution is -2.45. The zero-order chi connectivity index (χ0) is 15.1. The standard InChI is InChI=1S/C13H18Cl2N2O2S/c1-8-4-3-7-17(9(8)2)20(18,19)11-6-5-10(14)13(16)12(11)15/h5-6,8-9H,3-4,7,16H2,1-2H3. The quantitative estimate of drug-likeness (QED) is 0.842. The minimum absolute atomic E-state index is 0.00271. The molecule has 112 valence electrons. The molecule has 1 saturated heterocycles. The first-order chi connectivity index (χ1) is 9.26. The van der Waals surface area contributed by atoms with Gasteiger partial charge in [-0.2, -0.15) is 4.31 Å². The Labute approximate surface area is 129 Å². The molecule has 4 nitrogen and oxygen atoms in total. The maximum atomic E-state index is 12.8. The topological polar surface area (TPSA) is 63.4 Å². The van der Waals surface area contributed by atoms with Gasteiger partial charge in [0.05, 0.1) is 15.7 Å². The highest BCUT2D eigenvalue weighted by Crippen LogP contribution is 2.36. The molecule has 1 aromatic carbocycles. The van der Waals surface area contributed by atoms with E-state index in [0.29, 0.717) is 12.5 Å². The van der Waals surface area contributed by atoms with E-state index in [1.807, 2.05) is 6.92 Å². The summed E-state index contributed by atoms with van der Waals surface area (Å²) in [6.45, 7) is 4.49. The van der Waals surface area contributed by atoms with Crippen LogP contribution in [-0.2, 0) is 10.0 Å². The van der Waals surface area contributed by atoms with Gasteiger partial charge in [-0.15, -0.1) is 0 Å². The van der Waals surface area contributed by atoms with E-state index in [1.165, 1.54) is 16.4 Å². The smallest absolute Gasteiger partial charge is 0.244 e. The Morgan fingerprint density at radius 2 is 1.95 bits per heavy atom. The molecule has 1 aliphatic heterocycles. The zero-order valence-electron chi connectivity index (χ0n) is 11.4. The van der Waals surface area contributed by atoms with Gasteiger partial charge in [0, 0.05) is 12.6 Å². The Balaban J connectivity index is 2.48. The average Bonchev–Trinajstić information content (AvgIpc) is 2.38. The molecule has 0 amide bonds. The first-order valence-corrected chi connectivity index (χ1v) is 8.71. The molecule has 1 aliphatic rings. The molecule has 0 aliphatic carbocycles. The van der Waals surface area contributed by atoms with Crippen LogP contribution in [0.2, 0.25) is 10.0 Å². The fourth-order valence-electron chi connectivity index (χ4n) is 2.51. The second-order valence-corrected chi connectivity index (χ2v) is 7.89. The number of rotatable bonds is 2. The van der Waals surface area contributed by atoms with Gasteiger partial charge in [-0.05, 0) is 37.8 Å². The van der Waals surface area contributed by atoms with Gasteiger partial charge in [-0.3, -0.25) is 0 Å². The number of nitrogens with two attached hydrogens (primary N) is 1. The molecular formula is C13H18Cl2N2O2S. The van der Waals surface area contributed by atoms with Crippen LogP contribution in [0.4, 0.5) is 5.69 Å². The van der Waals surface area contributed by atoms with E-state index < -0.39 is 10.0 Å². The van der Waals surface area contributed by atoms with Crippen LogP contribution in [0.25, 0.3) is 0 Å². The molecule has 1 fully saturated rings. The summed E-state index contributed by atoms with van der Waals surface area (Å²) >= 11 is 11.9. The summed E-state index contributed by atoms with van der Waals surface area (Å²) < 4.78 is 27.1. The largest absolute Gasteiger partial charge is 0.396 e. The number of piperidine rings is 1. The molecule has 0 aromatic heterocycles. The van der Waals surface area contributed by atoms with E-state index in [1.54, 1.807) is 0 Å². The van der Waals surface area contributed by atoms with Crippen LogP contribution < -0.4 is 5.73 Å². The lowest BCUT2D eigenvalue weighted by atomic mass is 9.94. The average molecular weight is 337 g/mol. The number of hydrogen-bond acceptors (Lipinski definition) is 3. The Morgan fingerprint density at radius 1 is 1.30 bits per heavy atom. The SMILES string of the molecule is CC1CCCN(S(=O)(=O)c2ccc(Cl)c(N)c2Cl)C1C. The van der Waals surface area contributed by atoms with Crippen LogP contribution in [0.15, 0.2) is 17.0 Å². The van der Waals surface area contributed by atoms with Crippen LogP contribution in [0.3, 0.4) is 0 Å². The summed E-state index contributed by atoms with van der Waals surface area (Å²) in [6.07, 6.45) is 1.88. The van der Waals surface area contributed by atoms with Gasteiger partial charge in [0.2, 0.25) is 10.0 Å². The Morgan fingerprint density at radius 3 is 2.60 bits per heavy atom. The van der Waals surface area contributed by atoms with E-state index >= 15 is 0 Å². The predicted molar refractivity (Wildman–Crippen MR) is 82.6 cm³/mol. The minimum Gasteiger partial charge on any atom is -0.396 e. The molecule has 2 rings (SSSR count). The van der Waals surface area contributed by atoms with E-state index in [-0.39, 0.29) is 26.7 Å². The molecule has 0 spiro atoms. The van der Waals surface area contributed by atoms with Crippen LogP contribution in [0.5, 0.6) is 0 Å². The van der Waals surface area contributed by atoms with Crippen molar-refractivity contribution in [2.45, 2.75) is 37.6 Å². The van der Waals surface area contributed by atoms with Gasteiger partial charge in [0.1, 0.15) is 4.90 Å². The maximum absolute atomic E-state index is 12.8. The van der Waals surface area contributed by atoms with Gasteiger partial charge < -0.3 is 5.73 Å². The predicted octanol–water partition coefficient (Wildman–Crippen LogP) is 3.38. The third kappa shape index (κ3) is 2.64. The lowest BCUT2D eigenvalue weighted by molar-refractivity contribution is 0.202. The van der Waals surface area contributed by atoms with E-state index in [4.69, 9.17) is 28.9 Å². The lowest BCUT2D eigenvalue weighted by Gasteiger charge is -2.37. The first-order valence-electron chi connectivity index (χ1n) is 6.52. The third-order valence-electron chi connectivity index (χ3n) is 3.99. The van der Waals surface area contributed by atoms with Crippen molar-refractivity contribution < 1.29 is 8.42 Å². The van der Waals surface area contributed by atoms with Crippen LogP contribution in [0.1, 0.15) is 26.7 Å². The highest BCUT2D eigenvalue weighted by Gasteiger charge is 2.36. The minimum atomic E-state index is -3.65. The molecule has 2 atom stereocenters. The number of sulfonamides is 1. The summed E-state index contributed by atoms with van der Waals surface area (Å²) in [4.78, 5) is 0.0296. The fraction of sp³-hybridized carbons (Fsp3) is 0.538. The summed E-state index contributed by atoms with van der Waals surface area (Å²) in [5.74, 6) is 0.321. The Bertz CT molecular complexity index is 619. The fourth-order valence-corrected chi connectivity index (χ4v) is 5.02. The van der Waals surface area contributed by atoms with E-state index in [9.17, 15) is 8.42 Å². The highest BCUT2D eigenvalue weighted by molar-refractivity contribution is 7.89. The number of nitrogens with zero attached hydrogens (tertiary/aromatic N) is 1. The van der Waals surface area contributed by atoms with Gasteiger partial charge in [0.15, 0.2) is 0 Å². The van der Waals surface area contributed by atoms with Crippen molar-refractivity contribution in [2.75, 3.05) is 12.3 Å². The molecule has 2 unspecified atom stereocenters. The Kier molecular flexibility index (Phi) is 4.54. The summed E-state index contributed by atoms with van der Waals surface area (Å²) in [5.41, 5.74) is 5.83. The van der Waals surface area contributed by atoms with Crippen LogP contribution in [-0.4, -0.2) is 25.3 Å². The monoisotopic (exact) mass is 336 g/mol. The Hall–Kier alpha value is -0.490. The van der Waals surface area contributed by atoms with Crippen molar-refractivity contribution in [1.82, 2.24) is 4.31 Å². The number of hydrogen-bond donors (Lipinski definition) is 1. The number of anilines is 1. The molecule has 20 heavy (non-hydrogen) atoms. The molecule has 1 aromatic rings. The molecule has 2 N–H and O–H groups in total. The molecule has 0 radical (unpaired) electrons. The van der Waals surface area contributed by atoms with Crippen molar-refractivity contribution >= 4 is 38.9 Å². The summed E-state index contributed by atoms with van der Waals surface area (Å²) in [6, 6.07) is 2.83. The molecule has 1 heterocycles. The molecular weight excluding hydrogens is 319 g/mol. The van der Waals surface area contributed by atoms with Gasteiger partial charge in [0.25, 0.3) is 0 Å². The van der Waals surface area contributed by atoms with Crippen molar-refractivity contribution in [1.29, 1.82) is 0 Å². The van der Waals surface area contributed by atoms with Gasteiger partial charge in [-0.25, -0.2) is 8.42 Å². The third-order valence-corrected chi connectivity index (χ3v) is 6.87. The van der Waals surface area contributed by atoms with Crippen molar-refractivity contribution in [2.24, 2.45) is 5.92 Å². The van der Waals surface area contributed by atoms with Gasteiger partial charge in [-0.1, -0.05) is 30.1 Å². The second-order valence-electron chi connectivity index (χ2n) is 5.25. The summed E-state index contributed by atoms with van der Waals surface area (Å²) in [7, 11) is -3.65. The van der Waals surface area contributed by atoms with Crippen LogP contribution >= 0.6 is 23.2 Å².